The normalized spacial score (nSPS) is 17.9. The molecular weight excluding hydrogens is 186 g/mol. The van der Waals surface area contributed by atoms with Gasteiger partial charge < -0.3 is 10.1 Å². The predicted molar refractivity (Wildman–Crippen MR) is 61.9 cm³/mol. The van der Waals surface area contributed by atoms with Crippen molar-refractivity contribution in [2.75, 3.05) is 13.2 Å². The molecule has 1 heterocycles. The van der Waals surface area contributed by atoms with Crippen LogP contribution in [0.4, 0.5) is 0 Å². The van der Waals surface area contributed by atoms with Crippen LogP contribution >= 0.6 is 0 Å². The maximum atomic E-state index is 5.33. The van der Waals surface area contributed by atoms with Crippen LogP contribution in [-0.2, 0) is 11.3 Å². The number of hydrogen-bond donors (Lipinski definition) is 1. The average Bonchev–Trinajstić information content (AvgIpc) is 2.30. The first-order chi connectivity index (χ1) is 7.34. The van der Waals surface area contributed by atoms with Crippen LogP contribution in [0.5, 0.6) is 0 Å². The van der Waals surface area contributed by atoms with Crippen LogP contribution in [0.15, 0.2) is 24.3 Å². The molecule has 2 heteroatoms. The molecule has 1 aliphatic rings. The lowest BCUT2D eigenvalue weighted by molar-refractivity contribution is 0.0776. The second-order valence-corrected chi connectivity index (χ2v) is 4.25. The van der Waals surface area contributed by atoms with E-state index in [-0.39, 0.29) is 0 Å². The molecule has 0 radical (unpaired) electrons. The lowest BCUT2D eigenvalue weighted by Gasteiger charge is -2.23. The smallest absolute Gasteiger partial charge is 0.0480 e. The summed E-state index contributed by atoms with van der Waals surface area (Å²) in [5.74, 6) is 0. The molecule has 1 fully saturated rings. The van der Waals surface area contributed by atoms with Crippen LogP contribution in [0.25, 0.3) is 0 Å². The zero-order valence-corrected chi connectivity index (χ0v) is 9.33. The molecule has 2 rings (SSSR count). The molecule has 15 heavy (non-hydrogen) atoms. The van der Waals surface area contributed by atoms with Crippen molar-refractivity contribution in [3.8, 4) is 0 Å². The highest BCUT2D eigenvalue weighted by molar-refractivity contribution is 5.21. The van der Waals surface area contributed by atoms with E-state index in [0.29, 0.717) is 6.04 Å². The predicted octanol–water partition coefficient (Wildman–Crippen LogP) is 2.26. The third-order valence-corrected chi connectivity index (χ3v) is 2.94. The highest BCUT2D eigenvalue weighted by Crippen LogP contribution is 2.08. The van der Waals surface area contributed by atoms with Gasteiger partial charge in [-0.15, -0.1) is 0 Å². The van der Waals surface area contributed by atoms with Gasteiger partial charge in [0.05, 0.1) is 0 Å². The lowest BCUT2D eigenvalue weighted by atomic mass is 10.1. The van der Waals surface area contributed by atoms with Crippen molar-refractivity contribution < 1.29 is 4.74 Å². The Hall–Kier alpha value is -0.860. The fourth-order valence-electron chi connectivity index (χ4n) is 1.87. The molecular formula is C13H19NO. The van der Waals surface area contributed by atoms with Crippen molar-refractivity contribution in [3.05, 3.63) is 35.4 Å². The summed E-state index contributed by atoms with van der Waals surface area (Å²) in [4.78, 5) is 0. The number of benzene rings is 1. The van der Waals surface area contributed by atoms with Gasteiger partial charge in [0.15, 0.2) is 0 Å². The minimum absolute atomic E-state index is 0.639. The highest BCUT2D eigenvalue weighted by Gasteiger charge is 2.12. The first kappa shape index (κ1) is 10.7. The Bertz CT molecular complexity index is 288. The third-order valence-electron chi connectivity index (χ3n) is 2.94. The van der Waals surface area contributed by atoms with E-state index in [1.54, 1.807) is 0 Å². The van der Waals surface area contributed by atoms with Gasteiger partial charge >= 0.3 is 0 Å². The Labute approximate surface area is 91.6 Å². The van der Waals surface area contributed by atoms with Gasteiger partial charge in [0.25, 0.3) is 0 Å². The summed E-state index contributed by atoms with van der Waals surface area (Å²) in [5.41, 5.74) is 2.69. The fourth-order valence-corrected chi connectivity index (χ4v) is 1.87. The van der Waals surface area contributed by atoms with Crippen LogP contribution in [-0.4, -0.2) is 19.3 Å². The SMILES string of the molecule is Cc1ccc(CNC2CCOCC2)cc1. The number of hydrogen-bond acceptors (Lipinski definition) is 2. The highest BCUT2D eigenvalue weighted by atomic mass is 16.5. The first-order valence-electron chi connectivity index (χ1n) is 5.71. The standard InChI is InChI=1S/C13H19NO/c1-11-2-4-12(5-3-11)10-14-13-6-8-15-9-7-13/h2-5,13-14H,6-10H2,1H3. The van der Waals surface area contributed by atoms with Crippen molar-refractivity contribution in [2.45, 2.75) is 32.4 Å². The molecule has 1 aromatic rings. The van der Waals surface area contributed by atoms with Gasteiger partial charge in [-0.2, -0.15) is 0 Å². The summed E-state index contributed by atoms with van der Waals surface area (Å²) in [6.07, 6.45) is 2.29. The van der Waals surface area contributed by atoms with Crippen molar-refractivity contribution in [2.24, 2.45) is 0 Å². The minimum atomic E-state index is 0.639. The van der Waals surface area contributed by atoms with E-state index in [4.69, 9.17) is 4.74 Å². The van der Waals surface area contributed by atoms with Gasteiger partial charge in [0.1, 0.15) is 0 Å². The van der Waals surface area contributed by atoms with Crippen LogP contribution < -0.4 is 5.32 Å². The molecule has 1 saturated heterocycles. The van der Waals surface area contributed by atoms with Crippen molar-refractivity contribution >= 4 is 0 Å². The number of nitrogens with one attached hydrogen (secondary N) is 1. The quantitative estimate of drug-likeness (QED) is 0.817. The first-order valence-corrected chi connectivity index (χ1v) is 5.71. The monoisotopic (exact) mass is 205 g/mol. The molecule has 0 saturated carbocycles. The Morgan fingerprint density at radius 3 is 2.53 bits per heavy atom. The van der Waals surface area contributed by atoms with Gasteiger partial charge in [0.2, 0.25) is 0 Å². The molecule has 1 aromatic carbocycles. The van der Waals surface area contributed by atoms with Crippen molar-refractivity contribution in [1.82, 2.24) is 5.32 Å². The van der Waals surface area contributed by atoms with Crippen molar-refractivity contribution in [3.63, 3.8) is 0 Å². The van der Waals surface area contributed by atoms with Gasteiger partial charge in [-0.3, -0.25) is 0 Å². The summed E-state index contributed by atoms with van der Waals surface area (Å²) in [6.45, 7) is 4.91. The van der Waals surface area contributed by atoms with Crippen LogP contribution in [0.2, 0.25) is 0 Å². The Kier molecular flexibility index (Phi) is 3.75. The zero-order chi connectivity index (χ0) is 10.5. The van der Waals surface area contributed by atoms with Gasteiger partial charge in [-0.1, -0.05) is 29.8 Å². The van der Waals surface area contributed by atoms with Gasteiger partial charge in [-0.25, -0.2) is 0 Å². The lowest BCUT2D eigenvalue weighted by Crippen LogP contribution is -2.34. The Balaban J connectivity index is 1.79. The summed E-state index contributed by atoms with van der Waals surface area (Å²) >= 11 is 0. The van der Waals surface area contributed by atoms with E-state index in [1.807, 2.05) is 0 Å². The van der Waals surface area contributed by atoms with Crippen LogP contribution in [0, 0.1) is 6.92 Å². The molecule has 0 spiro atoms. The van der Waals surface area contributed by atoms with E-state index in [1.165, 1.54) is 11.1 Å². The van der Waals surface area contributed by atoms with E-state index in [2.05, 4.69) is 36.5 Å². The Morgan fingerprint density at radius 2 is 1.87 bits per heavy atom. The summed E-state index contributed by atoms with van der Waals surface area (Å²) in [6, 6.07) is 9.37. The third kappa shape index (κ3) is 3.33. The summed E-state index contributed by atoms with van der Waals surface area (Å²) in [5, 5.41) is 3.58. The molecule has 2 nitrogen and oxygen atoms in total. The zero-order valence-electron chi connectivity index (χ0n) is 9.33. The molecule has 82 valence electrons. The molecule has 0 unspecified atom stereocenters. The van der Waals surface area contributed by atoms with Crippen LogP contribution in [0.3, 0.4) is 0 Å². The second-order valence-electron chi connectivity index (χ2n) is 4.25. The second kappa shape index (κ2) is 5.29. The molecule has 0 atom stereocenters. The molecule has 0 amide bonds. The fraction of sp³-hybridized carbons (Fsp3) is 0.538. The molecule has 1 N–H and O–H groups in total. The molecule has 0 aromatic heterocycles. The number of rotatable bonds is 3. The molecule has 1 aliphatic heterocycles. The van der Waals surface area contributed by atoms with E-state index in [0.717, 1.165) is 32.6 Å². The molecule has 0 aliphatic carbocycles. The minimum Gasteiger partial charge on any atom is -0.381 e. The maximum Gasteiger partial charge on any atom is 0.0480 e. The van der Waals surface area contributed by atoms with Crippen LogP contribution in [0.1, 0.15) is 24.0 Å². The number of ether oxygens (including phenoxy) is 1. The summed E-state index contributed by atoms with van der Waals surface area (Å²) in [7, 11) is 0. The van der Waals surface area contributed by atoms with Crippen molar-refractivity contribution in [1.29, 1.82) is 0 Å². The van der Waals surface area contributed by atoms with Gasteiger partial charge in [-0.05, 0) is 25.3 Å². The van der Waals surface area contributed by atoms with Gasteiger partial charge in [0, 0.05) is 25.8 Å². The van der Waals surface area contributed by atoms with E-state index in [9.17, 15) is 0 Å². The average molecular weight is 205 g/mol. The number of aryl methyl sites for hydroxylation is 1. The molecule has 0 bridgehead atoms. The Morgan fingerprint density at radius 1 is 1.20 bits per heavy atom. The topological polar surface area (TPSA) is 21.3 Å². The van der Waals surface area contributed by atoms with E-state index < -0.39 is 0 Å². The largest absolute Gasteiger partial charge is 0.381 e. The van der Waals surface area contributed by atoms with E-state index >= 15 is 0 Å². The maximum absolute atomic E-state index is 5.33. The summed E-state index contributed by atoms with van der Waals surface area (Å²) < 4.78 is 5.33.